The minimum Gasteiger partial charge on any atom is -0.231 e. The van der Waals surface area contributed by atoms with Gasteiger partial charge in [-0.25, -0.2) is 19.9 Å². The molecule has 0 aromatic carbocycles. The summed E-state index contributed by atoms with van der Waals surface area (Å²) >= 11 is 14.6. The Morgan fingerprint density at radius 3 is 2.50 bits per heavy atom. The summed E-state index contributed by atoms with van der Waals surface area (Å²) in [6, 6.07) is 3.49. The SMILES string of the molecule is Clc1ccnc(SCCSc2ccnc(Cl)n2)n1. The molecule has 0 saturated carbocycles. The zero-order valence-electron chi connectivity index (χ0n) is 9.08. The van der Waals surface area contributed by atoms with E-state index in [2.05, 4.69) is 19.9 Å². The third-order valence-corrected chi connectivity index (χ3v) is 4.21. The third kappa shape index (κ3) is 4.61. The molecule has 0 N–H and O–H groups in total. The lowest BCUT2D eigenvalue weighted by atomic mass is 10.7. The largest absolute Gasteiger partial charge is 0.231 e. The Balaban J connectivity index is 1.76. The Morgan fingerprint density at radius 2 is 1.72 bits per heavy atom. The van der Waals surface area contributed by atoms with Crippen LogP contribution in [0.2, 0.25) is 10.4 Å². The molecule has 0 radical (unpaired) electrons. The van der Waals surface area contributed by atoms with Crippen molar-refractivity contribution in [3.05, 3.63) is 35.0 Å². The molecule has 0 fully saturated rings. The van der Waals surface area contributed by atoms with Crippen molar-refractivity contribution in [2.24, 2.45) is 0 Å². The highest BCUT2D eigenvalue weighted by molar-refractivity contribution is 8.02. The van der Waals surface area contributed by atoms with E-state index in [1.807, 2.05) is 6.07 Å². The molecule has 0 bridgehead atoms. The quantitative estimate of drug-likeness (QED) is 0.364. The lowest BCUT2D eigenvalue weighted by molar-refractivity contribution is 0.968. The molecule has 2 aromatic heterocycles. The van der Waals surface area contributed by atoms with Crippen molar-refractivity contribution in [1.29, 1.82) is 0 Å². The summed E-state index contributed by atoms with van der Waals surface area (Å²) in [5, 5.41) is 2.28. The molecular weight excluding hydrogens is 311 g/mol. The van der Waals surface area contributed by atoms with Gasteiger partial charge in [-0.1, -0.05) is 23.4 Å². The van der Waals surface area contributed by atoms with Crippen LogP contribution >= 0.6 is 46.7 Å². The normalized spacial score (nSPS) is 10.6. The number of rotatable bonds is 5. The van der Waals surface area contributed by atoms with Gasteiger partial charge in [0.05, 0.1) is 0 Å². The van der Waals surface area contributed by atoms with Crippen LogP contribution in [0.5, 0.6) is 0 Å². The van der Waals surface area contributed by atoms with Crippen LogP contribution in [-0.4, -0.2) is 31.4 Å². The average Bonchev–Trinajstić information content (AvgIpc) is 2.35. The predicted molar refractivity (Wildman–Crippen MR) is 75.5 cm³/mol. The van der Waals surface area contributed by atoms with Gasteiger partial charge in [0.25, 0.3) is 0 Å². The molecule has 2 aromatic rings. The summed E-state index contributed by atoms with van der Waals surface area (Å²) in [6.45, 7) is 0. The van der Waals surface area contributed by atoms with Crippen LogP contribution in [0.25, 0.3) is 0 Å². The van der Waals surface area contributed by atoms with Crippen LogP contribution in [0.15, 0.2) is 34.7 Å². The van der Waals surface area contributed by atoms with Gasteiger partial charge in [0.2, 0.25) is 5.28 Å². The van der Waals surface area contributed by atoms with Crippen molar-refractivity contribution in [2.45, 2.75) is 10.2 Å². The lowest BCUT2D eigenvalue weighted by Crippen LogP contribution is -1.91. The Kier molecular flexibility index (Phi) is 5.49. The van der Waals surface area contributed by atoms with Crippen molar-refractivity contribution in [3.63, 3.8) is 0 Å². The van der Waals surface area contributed by atoms with Crippen molar-refractivity contribution >= 4 is 46.7 Å². The fraction of sp³-hybridized carbons (Fsp3) is 0.200. The maximum absolute atomic E-state index is 5.77. The molecule has 94 valence electrons. The first-order chi connectivity index (χ1) is 8.74. The highest BCUT2D eigenvalue weighted by Crippen LogP contribution is 2.20. The van der Waals surface area contributed by atoms with Crippen LogP contribution in [0.4, 0.5) is 0 Å². The molecule has 4 nitrogen and oxygen atoms in total. The second kappa shape index (κ2) is 7.13. The second-order valence-electron chi connectivity index (χ2n) is 3.02. The third-order valence-electron chi connectivity index (χ3n) is 1.76. The first kappa shape index (κ1) is 13.9. The molecule has 8 heteroatoms. The molecule has 0 aliphatic heterocycles. The van der Waals surface area contributed by atoms with Crippen molar-refractivity contribution in [2.75, 3.05) is 11.5 Å². The molecule has 0 aliphatic carbocycles. The van der Waals surface area contributed by atoms with Crippen molar-refractivity contribution < 1.29 is 0 Å². The van der Waals surface area contributed by atoms with Gasteiger partial charge in [-0.3, -0.25) is 0 Å². The number of hydrogen-bond acceptors (Lipinski definition) is 6. The average molecular weight is 319 g/mol. The molecule has 2 heterocycles. The molecule has 2 rings (SSSR count). The number of hydrogen-bond donors (Lipinski definition) is 0. The first-order valence-corrected chi connectivity index (χ1v) is 7.69. The Morgan fingerprint density at radius 1 is 0.944 bits per heavy atom. The number of halogens is 2. The van der Waals surface area contributed by atoms with Gasteiger partial charge >= 0.3 is 0 Å². The van der Waals surface area contributed by atoms with Gasteiger partial charge in [-0.2, -0.15) is 0 Å². The summed E-state index contributed by atoms with van der Waals surface area (Å²) in [5.41, 5.74) is 0. The summed E-state index contributed by atoms with van der Waals surface area (Å²) in [4.78, 5) is 16.1. The molecular formula is C10H8Cl2N4S2. The van der Waals surface area contributed by atoms with Crippen LogP contribution < -0.4 is 0 Å². The van der Waals surface area contributed by atoms with E-state index in [0.29, 0.717) is 10.3 Å². The van der Waals surface area contributed by atoms with E-state index < -0.39 is 0 Å². The Bertz CT molecular complexity index is 479. The zero-order chi connectivity index (χ0) is 12.8. The van der Waals surface area contributed by atoms with Gasteiger partial charge in [-0.05, 0) is 23.7 Å². The highest BCUT2D eigenvalue weighted by Gasteiger charge is 2.01. The fourth-order valence-electron chi connectivity index (χ4n) is 1.07. The van der Waals surface area contributed by atoms with Gasteiger partial charge in [0.15, 0.2) is 5.16 Å². The highest BCUT2D eigenvalue weighted by atomic mass is 35.5. The summed E-state index contributed by atoms with van der Waals surface area (Å²) < 4.78 is 0. The van der Waals surface area contributed by atoms with Gasteiger partial charge in [0, 0.05) is 23.9 Å². The number of aromatic nitrogens is 4. The number of thioether (sulfide) groups is 2. The molecule has 0 atom stereocenters. The van der Waals surface area contributed by atoms with E-state index in [4.69, 9.17) is 23.2 Å². The Labute approximate surface area is 123 Å². The van der Waals surface area contributed by atoms with E-state index in [9.17, 15) is 0 Å². The summed E-state index contributed by atoms with van der Waals surface area (Å²) in [6.07, 6.45) is 3.29. The molecule has 18 heavy (non-hydrogen) atoms. The Hall–Kier alpha value is -0.560. The van der Waals surface area contributed by atoms with E-state index in [0.717, 1.165) is 16.5 Å². The second-order valence-corrected chi connectivity index (χ2v) is 5.93. The topological polar surface area (TPSA) is 51.6 Å². The first-order valence-electron chi connectivity index (χ1n) is 4.97. The van der Waals surface area contributed by atoms with Gasteiger partial charge < -0.3 is 0 Å². The van der Waals surface area contributed by atoms with Crippen LogP contribution in [0, 0.1) is 0 Å². The van der Waals surface area contributed by atoms with Crippen LogP contribution in [-0.2, 0) is 0 Å². The monoisotopic (exact) mass is 318 g/mol. The summed E-state index contributed by atoms with van der Waals surface area (Å²) in [7, 11) is 0. The van der Waals surface area contributed by atoms with Gasteiger partial charge in [0.1, 0.15) is 10.2 Å². The molecule has 0 spiro atoms. The van der Waals surface area contributed by atoms with Crippen LogP contribution in [0.3, 0.4) is 0 Å². The maximum atomic E-state index is 5.77. The molecule has 0 unspecified atom stereocenters. The van der Waals surface area contributed by atoms with Crippen molar-refractivity contribution in [3.8, 4) is 0 Å². The fourth-order valence-corrected chi connectivity index (χ4v) is 3.12. The minimum absolute atomic E-state index is 0.269. The maximum Gasteiger partial charge on any atom is 0.223 e. The lowest BCUT2D eigenvalue weighted by Gasteiger charge is -2.01. The predicted octanol–water partition coefficient (Wildman–Crippen LogP) is 3.46. The van der Waals surface area contributed by atoms with Crippen molar-refractivity contribution in [1.82, 2.24) is 19.9 Å². The summed E-state index contributed by atoms with van der Waals surface area (Å²) in [5.74, 6) is 1.75. The van der Waals surface area contributed by atoms with E-state index in [1.54, 1.807) is 42.0 Å². The number of nitrogens with zero attached hydrogens (tertiary/aromatic N) is 4. The van der Waals surface area contributed by atoms with E-state index >= 15 is 0 Å². The van der Waals surface area contributed by atoms with E-state index in [-0.39, 0.29) is 5.28 Å². The minimum atomic E-state index is 0.269. The zero-order valence-corrected chi connectivity index (χ0v) is 12.2. The van der Waals surface area contributed by atoms with Gasteiger partial charge in [-0.15, -0.1) is 11.8 Å². The smallest absolute Gasteiger partial charge is 0.223 e. The van der Waals surface area contributed by atoms with Crippen LogP contribution in [0.1, 0.15) is 0 Å². The molecule has 0 amide bonds. The molecule has 0 saturated heterocycles. The van der Waals surface area contributed by atoms with E-state index in [1.165, 1.54) is 0 Å². The standard InChI is InChI=1S/C10H8Cl2N4S2/c11-7-1-3-14-10(15-7)18-6-5-17-8-2-4-13-9(12)16-8/h1-4H,5-6H2. The molecule has 0 aliphatic rings.